The molecule has 4 aliphatic carbocycles. The summed E-state index contributed by atoms with van der Waals surface area (Å²) in [6, 6.07) is 3.62. The summed E-state index contributed by atoms with van der Waals surface area (Å²) in [5.74, 6) is 3.30. The van der Waals surface area contributed by atoms with Gasteiger partial charge < -0.3 is 14.6 Å². The summed E-state index contributed by atoms with van der Waals surface area (Å²) in [6.45, 7) is 6.95. The Bertz CT molecular complexity index is 996. The number of hydrogen-bond donors (Lipinski definition) is 1. The highest BCUT2D eigenvalue weighted by Gasteiger charge is 2.59. The van der Waals surface area contributed by atoms with Crippen LogP contribution >= 0.6 is 0 Å². The largest absolute Gasteiger partial charge is 0.467 e. The van der Waals surface area contributed by atoms with E-state index < -0.39 is 0 Å². The highest BCUT2D eigenvalue weighted by Crippen LogP contribution is 2.66. The van der Waals surface area contributed by atoms with Crippen molar-refractivity contribution in [2.24, 2.45) is 39.7 Å². The van der Waals surface area contributed by atoms with Gasteiger partial charge in [0.1, 0.15) is 11.5 Å². The predicted octanol–water partition coefficient (Wildman–Crippen LogP) is 5.44. The summed E-state index contributed by atoms with van der Waals surface area (Å²) < 4.78 is 5.22. The summed E-state index contributed by atoms with van der Waals surface area (Å²) in [5.41, 5.74) is 2.88. The van der Waals surface area contributed by atoms with Crippen molar-refractivity contribution in [2.75, 3.05) is 6.61 Å². The number of fused-ring (bicyclic) bond motifs is 5. The van der Waals surface area contributed by atoms with Crippen molar-refractivity contribution in [2.45, 2.75) is 78.7 Å². The third-order valence-electron chi connectivity index (χ3n) is 9.89. The van der Waals surface area contributed by atoms with Gasteiger partial charge in [-0.05, 0) is 105 Å². The molecule has 1 heterocycles. The van der Waals surface area contributed by atoms with Crippen LogP contribution in [-0.4, -0.2) is 24.0 Å². The first kappa shape index (κ1) is 23.4. The number of nitrogens with zero attached hydrogens (tertiary/aromatic N) is 1. The van der Waals surface area contributed by atoms with Crippen molar-refractivity contribution in [1.82, 2.24) is 5.32 Å². The van der Waals surface area contributed by atoms with Crippen LogP contribution in [-0.2, 0) is 21.0 Å². The topological polar surface area (TPSA) is 80.9 Å². The average molecular weight is 467 g/mol. The first-order chi connectivity index (χ1) is 16.3. The zero-order valence-electron chi connectivity index (χ0n) is 20.8. The number of allylic oxidation sites excluding steroid dienone is 2. The Morgan fingerprint density at radius 2 is 2.00 bits per heavy atom. The Balaban J connectivity index is 1.21. The molecule has 0 unspecified atom stereocenters. The quantitative estimate of drug-likeness (QED) is 0.566. The number of ketones is 1. The third-order valence-corrected chi connectivity index (χ3v) is 9.89. The van der Waals surface area contributed by atoms with Crippen molar-refractivity contribution >= 4 is 17.4 Å². The summed E-state index contributed by atoms with van der Waals surface area (Å²) in [6.07, 6.45) is 12.9. The predicted molar refractivity (Wildman–Crippen MR) is 130 cm³/mol. The highest BCUT2D eigenvalue weighted by molar-refractivity contribution is 5.96. The third kappa shape index (κ3) is 4.03. The van der Waals surface area contributed by atoms with E-state index in [9.17, 15) is 9.59 Å². The molecule has 5 rings (SSSR count). The summed E-state index contributed by atoms with van der Waals surface area (Å²) in [4.78, 5) is 29.8. The number of Topliss-reactive ketones (excluding diaryl/α,β-unsaturated/α-hetero) is 1. The van der Waals surface area contributed by atoms with Gasteiger partial charge in [-0.1, -0.05) is 24.6 Å². The monoisotopic (exact) mass is 466 g/mol. The lowest BCUT2D eigenvalue weighted by atomic mass is 9.46. The molecule has 0 aliphatic heterocycles. The Kier molecular flexibility index (Phi) is 6.19. The lowest BCUT2D eigenvalue weighted by molar-refractivity contribution is -0.128. The SMILES string of the molecule is CC(=O)[C@@H]1CC[C@@H]2[C@H]3CCC4=CC(=NOCC(=O)NCc5ccco5)CC[C@]4(C)[C@H]3CC[C@@]21C. The molecule has 1 aromatic rings. The molecule has 1 aromatic heterocycles. The molecule has 3 fully saturated rings. The van der Waals surface area contributed by atoms with Crippen LogP contribution in [0.1, 0.15) is 77.9 Å². The van der Waals surface area contributed by atoms with Gasteiger partial charge in [0, 0.05) is 5.92 Å². The van der Waals surface area contributed by atoms with Crippen LogP contribution in [0.2, 0.25) is 0 Å². The highest BCUT2D eigenvalue weighted by atomic mass is 16.6. The molecule has 0 bridgehead atoms. The Morgan fingerprint density at radius 1 is 1.15 bits per heavy atom. The minimum atomic E-state index is -0.208. The minimum absolute atomic E-state index is 0.0904. The van der Waals surface area contributed by atoms with E-state index in [-0.39, 0.29) is 29.3 Å². The molecule has 1 amide bonds. The van der Waals surface area contributed by atoms with Gasteiger partial charge in [-0.2, -0.15) is 0 Å². The van der Waals surface area contributed by atoms with E-state index in [1.807, 2.05) is 6.07 Å². The number of nitrogens with one attached hydrogen (secondary N) is 1. The van der Waals surface area contributed by atoms with Crippen LogP contribution in [0.15, 0.2) is 39.6 Å². The molecule has 0 aromatic carbocycles. The maximum absolute atomic E-state index is 12.3. The standard InChI is InChI=1S/C28H38N2O4/c1-18(31)23-8-9-24-22-7-6-19-15-20(10-12-27(19,2)25(22)11-13-28(23,24)3)30-34-17-26(32)29-16-21-5-4-14-33-21/h4-5,14-15,22-25H,6-13,16-17H2,1-3H3,(H,29,32)/t22-,23+,24-,25+,27+,28-/m1/s1. The van der Waals surface area contributed by atoms with Gasteiger partial charge in [0.05, 0.1) is 18.5 Å². The number of amides is 1. The van der Waals surface area contributed by atoms with Gasteiger partial charge in [0.2, 0.25) is 0 Å². The molecule has 6 heteroatoms. The normalized spacial score (nSPS) is 37.9. The number of oxime groups is 1. The molecule has 4 aliphatic rings. The van der Waals surface area contributed by atoms with E-state index in [0.717, 1.165) is 37.3 Å². The molecule has 34 heavy (non-hydrogen) atoms. The lowest BCUT2D eigenvalue weighted by Gasteiger charge is -2.58. The van der Waals surface area contributed by atoms with Gasteiger partial charge in [-0.3, -0.25) is 9.59 Å². The van der Waals surface area contributed by atoms with Gasteiger partial charge in [-0.25, -0.2) is 0 Å². The van der Waals surface area contributed by atoms with Crippen molar-refractivity contribution in [1.29, 1.82) is 0 Å². The minimum Gasteiger partial charge on any atom is -0.467 e. The van der Waals surface area contributed by atoms with Gasteiger partial charge in [-0.15, -0.1) is 0 Å². The fraction of sp³-hybridized carbons (Fsp3) is 0.679. The second-order valence-corrected chi connectivity index (χ2v) is 11.5. The Labute approximate surface area is 202 Å². The zero-order valence-corrected chi connectivity index (χ0v) is 20.8. The number of furan rings is 1. The van der Waals surface area contributed by atoms with Crippen molar-refractivity contribution in [3.05, 3.63) is 35.8 Å². The van der Waals surface area contributed by atoms with E-state index in [4.69, 9.17) is 9.25 Å². The number of carbonyl (C=O) groups is 2. The molecule has 3 saturated carbocycles. The zero-order chi connectivity index (χ0) is 23.9. The molecule has 6 atom stereocenters. The molecular formula is C28H38N2O4. The van der Waals surface area contributed by atoms with Crippen LogP contribution < -0.4 is 5.32 Å². The summed E-state index contributed by atoms with van der Waals surface area (Å²) in [5, 5.41) is 7.08. The van der Waals surface area contributed by atoms with Crippen LogP contribution in [0, 0.1) is 34.5 Å². The number of hydrogen-bond acceptors (Lipinski definition) is 5. The van der Waals surface area contributed by atoms with Gasteiger partial charge >= 0.3 is 0 Å². The fourth-order valence-corrected chi connectivity index (χ4v) is 8.13. The maximum Gasteiger partial charge on any atom is 0.261 e. The number of carbonyl (C=O) groups excluding carboxylic acids is 2. The summed E-state index contributed by atoms with van der Waals surface area (Å²) in [7, 11) is 0. The molecule has 1 N–H and O–H groups in total. The molecule has 0 radical (unpaired) electrons. The van der Waals surface area contributed by atoms with Gasteiger partial charge in [0.15, 0.2) is 6.61 Å². The molecular weight excluding hydrogens is 428 g/mol. The molecule has 184 valence electrons. The Hall–Kier alpha value is -2.37. The molecule has 0 saturated heterocycles. The van der Waals surface area contributed by atoms with E-state index in [2.05, 4.69) is 30.4 Å². The van der Waals surface area contributed by atoms with Crippen LogP contribution in [0.5, 0.6) is 0 Å². The molecule has 6 nitrogen and oxygen atoms in total. The Morgan fingerprint density at radius 3 is 2.76 bits per heavy atom. The first-order valence-electron chi connectivity index (χ1n) is 13.0. The van der Waals surface area contributed by atoms with E-state index >= 15 is 0 Å². The van der Waals surface area contributed by atoms with Crippen molar-refractivity contribution in [3.63, 3.8) is 0 Å². The van der Waals surface area contributed by atoms with Crippen molar-refractivity contribution < 1.29 is 18.8 Å². The second kappa shape index (κ2) is 9.01. The van der Waals surface area contributed by atoms with Crippen LogP contribution in [0.25, 0.3) is 0 Å². The van der Waals surface area contributed by atoms with E-state index in [1.165, 1.54) is 31.3 Å². The van der Waals surface area contributed by atoms with Crippen LogP contribution in [0.3, 0.4) is 0 Å². The van der Waals surface area contributed by atoms with Gasteiger partial charge in [0.25, 0.3) is 5.91 Å². The smallest absolute Gasteiger partial charge is 0.261 e. The maximum atomic E-state index is 12.3. The summed E-state index contributed by atoms with van der Waals surface area (Å²) >= 11 is 0. The van der Waals surface area contributed by atoms with Crippen molar-refractivity contribution in [3.8, 4) is 0 Å². The average Bonchev–Trinajstić information content (AvgIpc) is 3.45. The van der Waals surface area contributed by atoms with E-state index in [0.29, 0.717) is 29.9 Å². The number of rotatable bonds is 6. The van der Waals surface area contributed by atoms with E-state index in [1.54, 1.807) is 19.3 Å². The van der Waals surface area contributed by atoms with Crippen LogP contribution in [0.4, 0.5) is 0 Å². The lowest BCUT2D eigenvalue weighted by Crippen LogP contribution is -2.51. The first-order valence-corrected chi connectivity index (χ1v) is 13.0. The fourth-order valence-electron chi connectivity index (χ4n) is 8.13. The second-order valence-electron chi connectivity index (χ2n) is 11.5. The molecule has 0 spiro atoms.